The molecule has 3 nitrogen and oxygen atoms in total. The lowest BCUT2D eigenvalue weighted by Gasteiger charge is -2.26. The molecule has 0 aromatic carbocycles. The molecule has 1 aromatic rings. The molecule has 14 heavy (non-hydrogen) atoms. The number of nitrogens with two attached hydrogens (primary N) is 1. The van der Waals surface area contributed by atoms with E-state index in [2.05, 4.69) is 18.8 Å². The van der Waals surface area contributed by atoms with Gasteiger partial charge in [0.15, 0.2) is 5.82 Å². The van der Waals surface area contributed by atoms with Crippen LogP contribution in [0.4, 0.5) is 11.5 Å². The van der Waals surface area contributed by atoms with Gasteiger partial charge < -0.3 is 10.6 Å². The van der Waals surface area contributed by atoms with Crippen molar-refractivity contribution in [3.8, 4) is 0 Å². The first-order valence-electron chi connectivity index (χ1n) is 4.71. The largest absolute Gasteiger partial charge is 0.396 e. The third kappa shape index (κ3) is 2.29. The number of nitrogens with zero attached hydrogens (tertiary/aromatic N) is 2. The van der Waals surface area contributed by atoms with Crippen molar-refractivity contribution in [2.24, 2.45) is 0 Å². The molecule has 2 N–H and O–H groups in total. The summed E-state index contributed by atoms with van der Waals surface area (Å²) in [5.41, 5.74) is 6.48. The standard InChI is InChI=1S/C10H16ClN3/c1-4-7(2)14(3)10-8(12)5-6-9(11)13-10/h5-7H,4,12H2,1-3H3. The van der Waals surface area contributed by atoms with Gasteiger partial charge >= 0.3 is 0 Å². The quantitative estimate of drug-likeness (QED) is 0.785. The first-order valence-corrected chi connectivity index (χ1v) is 5.09. The summed E-state index contributed by atoms with van der Waals surface area (Å²) in [6.45, 7) is 4.25. The van der Waals surface area contributed by atoms with Gasteiger partial charge in [-0.2, -0.15) is 0 Å². The van der Waals surface area contributed by atoms with Crippen molar-refractivity contribution < 1.29 is 0 Å². The van der Waals surface area contributed by atoms with E-state index < -0.39 is 0 Å². The van der Waals surface area contributed by atoms with E-state index in [0.29, 0.717) is 16.9 Å². The van der Waals surface area contributed by atoms with Crippen molar-refractivity contribution in [1.29, 1.82) is 0 Å². The van der Waals surface area contributed by atoms with Gasteiger partial charge in [-0.1, -0.05) is 18.5 Å². The molecule has 0 fully saturated rings. The fraction of sp³-hybridized carbons (Fsp3) is 0.500. The number of nitrogen functional groups attached to an aromatic ring is 1. The smallest absolute Gasteiger partial charge is 0.153 e. The maximum absolute atomic E-state index is 5.82. The molecule has 0 bridgehead atoms. The minimum atomic E-state index is 0.406. The maximum atomic E-state index is 5.82. The normalized spacial score (nSPS) is 12.6. The molecule has 0 amide bonds. The Hall–Kier alpha value is -0.960. The minimum absolute atomic E-state index is 0.406. The summed E-state index contributed by atoms with van der Waals surface area (Å²) in [7, 11) is 1.98. The lowest BCUT2D eigenvalue weighted by atomic mass is 10.2. The summed E-state index contributed by atoms with van der Waals surface area (Å²) in [6, 6.07) is 3.89. The number of aromatic nitrogens is 1. The molecular weight excluding hydrogens is 198 g/mol. The molecule has 78 valence electrons. The lowest BCUT2D eigenvalue weighted by molar-refractivity contribution is 0.658. The fourth-order valence-electron chi connectivity index (χ4n) is 1.20. The Kier molecular flexibility index (Phi) is 3.58. The topological polar surface area (TPSA) is 42.2 Å². The molecule has 0 aliphatic rings. The van der Waals surface area contributed by atoms with Gasteiger partial charge in [-0.05, 0) is 25.5 Å². The first kappa shape index (κ1) is 11.1. The molecular formula is C10H16ClN3. The maximum Gasteiger partial charge on any atom is 0.153 e. The van der Waals surface area contributed by atoms with Gasteiger partial charge in [0.25, 0.3) is 0 Å². The summed E-state index contributed by atoms with van der Waals surface area (Å²) in [6.07, 6.45) is 1.05. The van der Waals surface area contributed by atoms with E-state index >= 15 is 0 Å². The van der Waals surface area contributed by atoms with Gasteiger partial charge in [-0.25, -0.2) is 4.98 Å². The SMILES string of the molecule is CCC(C)N(C)c1nc(Cl)ccc1N. The highest BCUT2D eigenvalue weighted by atomic mass is 35.5. The molecule has 1 heterocycles. The Morgan fingerprint density at radius 3 is 2.79 bits per heavy atom. The van der Waals surface area contributed by atoms with Crippen molar-refractivity contribution in [3.05, 3.63) is 17.3 Å². The summed E-state index contributed by atoms with van der Waals surface area (Å²) in [4.78, 5) is 6.25. The second kappa shape index (κ2) is 4.51. The van der Waals surface area contributed by atoms with Crippen LogP contribution in [0.25, 0.3) is 0 Å². The molecule has 1 atom stereocenters. The van der Waals surface area contributed by atoms with Crippen LogP contribution in [0.5, 0.6) is 0 Å². The number of anilines is 2. The van der Waals surface area contributed by atoms with E-state index in [9.17, 15) is 0 Å². The van der Waals surface area contributed by atoms with E-state index in [1.807, 2.05) is 11.9 Å². The first-order chi connectivity index (χ1) is 6.56. The highest BCUT2D eigenvalue weighted by Gasteiger charge is 2.12. The molecule has 0 spiro atoms. The van der Waals surface area contributed by atoms with Gasteiger partial charge in [0.1, 0.15) is 5.15 Å². The van der Waals surface area contributed by atoms with Gasteiger partial charge in [-0.15, -0.1) is 0 Å². The Labute approximate surface area is 89.9 Å². The van der Waals surface area contributed by atoms with Crippen molar-refractivity contribution in [2.75, 3.05) is 17.7 Å². The zero-order valence-electron chi connectivity index (χ0n) is 8.79. The number of halogens is 1. The van der Waals surface area contributed by atoms with E-state index in [-0.39, 0.29) is 0 Å². The Morgan fingerprint density at radius 2 is 2.21 bits per heavy atom. The van der Waals surface area contributed by atoms with Crippen LogP contribution in [-0.4, -0.2) is 18.1 Å². The highest BCUT2D eigenvalue weighted by molar-refractivity contribution is 6.29. The molecule has 4 heteroatoms. The molecule has 0 aliphatic heterocycles. The molecule has 1 unspecified atom stereocenters. The number of hydrogen-bond acceptors (Lipinski definition) is 3. The zero-order valence-corrected chi connectivity index (χ0v) is 9.54. The molecule has 0 saturated carbocycles. The average molecular weight is 214 g/mol. The second-order valence-corrected chi connectivity index (χ2v) is 3.80. The van der Waals surface area contributed by atoms with Crippen LogP contribution in [0.2, 0.25) is 5.15 Å². The van der Waals surface area contributed by atoms with Crippen LogP contribution in [-0.2, 0) is 0 Å². The second-order valence-electron chi connectivity index (χ2n) is 3.41. The van der Waals surface area contributed by atoms with Crippen molar-refractivity contribution in [3.63, 3.8) is 0 Å². The summed E-state index contributed by atoms with van der Waals surface area (Å²) in [5.74, 6) is 0.756. The summed E-state index contributed by atoms with van der Waals surface area (Å²) in [5, 5.41) is 0.476. The highest BCUT2D eigenvalue weighted by Crippen LogP contribution is 2.23. The van der Waals surface area contributed by atoms with E-state index in [4.69, 9.17) is 17.3 Å². The van der Waals surface area contributed by atoms with Gasteiger partial charge in [0, 0.05) is 13.1 Å². The number of pyridine rings is 1. The van der Waals surface area contributed by atoms with E-state index in [1.54, 1.807) is 12.1 Å². The van der Waals surface area contributed by atoms with Crippen LogP contribution in [0.3, 0.4) is 0 Å². The predicted molar refractivity (Wildman–Crippen MR) is 61.8 cm³/mol. The molecule has 0 saturated heterocycles. The van der Waals surface area contributed by atoms with Crippen molar-refractivity contribution in [2.45, 2.75) is 26.3 Å². The van der Waals surface area contributed by atoms with Gasteiger partial charge in [0.2, 0.25) is 0 Å². The third-order valence-electron chi connectivity index (χ3n) is 2.46. The monoisotopic (exact) mass is 213 g/mol. The van der Waals surface area contributed by atoms with Crippen LogP contribution >= 0.6 is 11.6 Å². The third-order valence-corrected chi connectivity index (χ3v) is 2.67. The Morgan fingerprint density at radius 1 is 1.57 bits per heavy atom. The Balaban J connectivity index is 2.99. The zero-order chi connectivity index (χ0) is 10.7. The predicted octanol–water partition coefficient (Wildman–Crippen LogP) is 2.55. The van der Waals surface area contributed by atoms with Crippen LogP contribution in [0, 0.1) is 0 Å². The van der Waals surface area contributed by atoms with Gasteiger partial charge in [0.05, 0.1) is 5.69 Å². The van der Waals surface area contributed by atoms with Crippen molar-refractivity contribution in [1.82, 2.24) is 4.98 Å². The lowest BCUT2D eigenvalue weighted by Crippen LogP contribution is -2.29. The molecule has 0 aliphatic carbocycles. The Bertz CT molecular complexity index is 314. The van der Waals surface area contributed by atoms with Crippen LogP contribution in [0.15, 0.2) is 12.1 Å². The average Bonchev–Trinajstić information content (AvgIpc) is 2.19. The summed E-state index contributed by atoms with van der Waals surface area (Å²) >= 11 is 5.82. The minimum Gasteiger partial charge on any atom is -0.396 e. The van der Waals surface area contributed by atoms with Crippen LogP contribution < -0.4 is 10.6 Å². The summed E-state index contributed by atoms with van der Waals surface area (Å²) < 4.78 is 0. The number of rotatable bonds is 3. The fourth-order valence-corrected chi connectivity index (χ4v) is 1.34. The van der Waals surface area contributed by atoms with Crippen molar-refractivity contribution >= 4 is 23.1 Å². The van der Waals surface area contributed by atoms with Gasteiger partial charge in [-0.3, -0.25) is 0 Å². The van der Waals surface area contributed by atoms with Crippen LogP contribution in [0.1, 0.15) is 20.3 Å². The van der Waals surface area contributed by atoms with E-state index in [0.717, 1.165) is 12.2 Å². The molecule has 1 aromatic heterocycles. The molecule has 1 rings (SSSR count). The molecule has 0 radical (unpaired) electrons. The number of hydrogen-bond donors (Lipinski definition) is 1. The van der Waals surface area contributed by atoms with E-state index in [1.165, 1.54) is 0 Å².